The molecule has 1 aromatic heterocycles. The minimum Gasteiger partial charge on any atom is -0.462 e. The molecule has 28 heavy (non-hydrogen) atoms. The Bertz CT molecular complexity index is 668. The Kier molecular flexibility index (Phi) is 10.2. The summed E-state index contributed by atoms with van der Waals surface area (Å²) in [6, 6.07) is 0. The van der Waals surface area contributed by atoms with Crippen molar-refractivity contribution in [3.8, 4) is 0 Å². The summed E-state index contributed by atoms with van der Waals surface area (Å²) in [5, 5.41) is 5.22. The van der Waals surface area contributed by atoms with Crippen molar-refractivity contribution in [1.29, 1.82) is 0 Å². The molecule has 0 bridgehead atoms. The van der Waals surface area contributed by atoms with Gasteiger partial charge in [-0.3, -0.25) is 14.5 Å². The summed E-state index contributed by atoms with van der Waals surface area (Å²) < 4.78 is 5.17. The van der Waals surface area contributed by atoms with Crippen molar-refractivity contribution in [3.05, 3.63) is 16.5 Å². The van der Waals surface area contributed by atoms with E-state index in [1.165, 1.54) is 11.3 Å². The molecule has 1 aromatic rings. The van der Waals surface area contributed by atoms with Crippen LogP contribution in [0.5, 0.6) is 0 Å². The Morgan fingerprint density at radius 2 is 1.79 bits per heavy atom. The Labute approximate surface area is 172 Å². The van der Waals surface area contributed by atoms with Gasteiger partial charge in [-0.25, -0.2) is 4.79 Å². The van der Waals surface area contributed by atoms with E-state index in [-0.39, 0.29) is 31.5 Å². The molecule has 0 spiro atoms. The Hall–Kier alpha value is -1.93. The monoisotopic (exact) mass is 411 g/mol. The number of amides is 2. The zero-order valence-electron chi connectivity index (χ0n) is 17.8. The van der Waals surface area contributed by atoms with E-state index in [0.29, 0.717) is 29.6 Å². The lowest BCUT2D eigenvalue weighted by Gasteiger charge is -2.22. The quantitative estimate of drug-likeness (QED) is 0.567. The molecule has 0 radical (unpaired) electrons. The number of rotatable bonds is 11. The number of carbonyl (C=O) groups excluding carboxylic acids is 3. The molecule has 2 amide bonds. The second-order valence-corrected chi connectivity index (χ2v) is 7.95. The first-order chi connectivity index (χ1) is 13.2. The fourth-order valence-electron chi connectivity index (χ4n) is 2.88. The molecule has 1 N–H and O–H groups in total. The number of hydrogen-bond acceptors (Lipinski definition) is 6. The maximum Gasteiger partial charge on any atom is 0.341 e. The van der Waals surface area contributed by atoms with Crippen LogP contribution in [0, 0.1) is 5.92 Å². The summed E-state index contributed by atoms with van der Waals surface area (Å²) in [4.78, 5) is 40.4. The van der Waals surface area contributed by atoms with Crippen LogP contribution in [0.25, 0.3) is 0 Å². The Morgan fingerprint density at radius 1 is 1.14 bits per heavy atom. The molecule has 0 aliphatic carbocycles. The molecule has 0 atom stereocenters. The zero-order valence-corrected chi connectivity index (χ0v) is 18.6. The lowest BCUT2D eigenvalue weighted by molar-refractivity contribution is -0.132. The van der Waals surface area contributed by atoms with Crippen molar-refractivity contribution in [2.75, 3.05) is 45.2 Å². The Balaban J connectivity index is 2.81. The minimum atomic E-state index is -0.417. The predicted octanol–water partition coefficient (Wildman–Crippen LogP) is 2.86. The molecule has 0 saturated carbocycles. The van der Waals surface area contributed by atoms with Crippen molar-refractivity contribution in [2.24, 2.45) is 5.92 Å². The van der Waals surface area contributed by atoms with E-state index >= 15 is 0 Å². The number of ether oxygens (including phenoxy) is 1. The van der Waals surface area contributed by atoms with Crippen molar-refractivity contribution in [3.63, 3.8) is 0 Å². The maximum absolute atomic E-state index is 12.5. The highest BCUT2D eigenvalue weighted by atomic mass is 32.1. The molecule has 8 heteroatoms. The second-order valence-electron chi connectivity index (χ2n) is 7.07. The highest BCUT2D eigenvalue weighted by Gasteiger charge is 2.23. The topological polar surface area (TPSA) is 79.0 Å². The number of esters is 1. The zero-order chi connectivity index (χ0) is 21.3. The van der Waals surface area contributed by atoms with E-state index in [1.807, 2.05) is 19.2 Å². The van der Waals surface area contributed by atoms with Crippen molar-refractivity contribution in [1.82, 2.24) is 9.80 Å². The molecular formula is C20H33N3O4S. The van der Waals surface area contributed by atoms with Gasteiger partial charge >= 0.3 is 5.97 Å². The third-order valence-electron chi connectivity index (χ3n) is 4.16. The first kappa shape index (κ1) is 24.1. The maximum atomic E-state index is 12.5. The van der Waals surface area contributed by atoms with Crippen molar-refractivity contribution >= 4 is 34.1 Å². The van der Waals surface area contributed by atoms with E-state index in [1.54, 1.807) is 23.8 Å². The average molecular weight is 412 g/mol. The van der Waals surface area contributed by atoms with E-state index in [0.717, 1.165) is 12.0 Å². The summed E-state index contributed by atoms with van der Waals surface area (Å²) in [5.74, 6) is -0.315. The second kappa shape index (κ2) is 11.8. The van der Waals surface area contributed by atoms with Gasteiger partial charge < -0.3 is 15.0 Å². The van der Waals surface area contributed by atoms with Crippen LogP contribution in [0.1, 0.15) is 50.5 Å². The fourth-order valence-corrected chi connectivity index (χ4v) is 3.86. The van der Waals surface area contributed by atoms with Gasteiger partial charge in [0.15, 0.2) is 0 Å². The lowest BCUT2D eigenvalue weighted by atomic mass is 10.0. The van der Waals surface area contributed by atoms with E-state index in [2.05, 4.69) is 19.2 Å². The number of carbonyl (C=O) groups is 3. The van der Waals surface area contributed by atoms with Gasteiger partial charge in [0.25, 0.3) is 0 Å². The van der Waals surface area contributed by atoms with Crippen LogP contribution in [0.15, 0.2) is 5.38 Å². The molecule has 1 heterocycles. The molecule has 7 nitrogen and oxygen atoms in total. The van der Waals surface area contributed by atoms with E-state index in [4.69, 9.17) is 4.74 Å². The predicted molar refractivity (Wildman–Crippen MR) is 113 cm³/mol. The first-order valence-electron chi connectivity index (χ1n) is 9.76. The number of likely N-dealkylation sites (N-methyl/N-ethyl adjacent to an activating group) is 2. The van der Waals surface area contributed by atoms with Crippen LogP contribution in [0.3, 0.4) is 0 Å². The van der Waals surface area contributed by atoms with Gasteiger partial charge in [0.1, 0.15) is 5.00 Å². The van der Waals surface area contributed by atoms with Crippen LogP contribution in [-0.4, -0.2) is 67.4 Å². The van der Waals surface area contributed by atoms with E-state index in [9.17, 15) is 14.4 Å². The first-order valence-corrected chi connectivity index (χ1v) is 10.6. The van der Waals surface area contributed by atoms with Crippen LogP contribution in [0.2, 0.25) is 0 Å². The fraction of sp³-hybridized carbons (Fsp3) is 0.650. The Morgan fingerprint density at radius 3 is 2.32 bits per heavy atom. The van der Waals surface area contributed by atoms with Crippen molar-refractivity contribution < 1.29 is 19.1 Å². The van der Waals surface area contributed by atoms with Crippen LogP contribution >= 0.6 is 11.3 Å². The SMILES string of the molecule is CCOC(=O)c1c(CC(C)C)csc1NC(=O)CN(C)CC(=O)N(CC)CC. The third kappa shape index (κ3) is 7.24. The molecule has 158 valence electrons. The third-order valence-corrected chi connectivity index (χ3v) is 5.11. The van der Waals surface area contributed by atoms with Crippen LogP contribution in [0.4, 0.5) is 5.00 Å². The number of nitrogens with zero attached hydrogens (tertiary/aromatic N) is 2. The molecule has 0 saturated heterocycles. The van der Waals surface area contributed by atoms with Crippen molar-refractivity contribution in [2.45, 2.75) is 41.0 Å². The van der Waals surface area contributed by atoms with Crippen LogP contribution < -0.4 is 5.32 Å². The van der Waals surface area contributed by atoms with E-state index < -0.39 is 5.97 Å². The summed E-state index contributed by atoms with van der Waals surface area (Å²) >= 11 is 1.33. The summed E-state index contributed by atoms with van der Waals surface area (Å²) in [6.07, 6.45) is 0.735. The molecule has 0 aliphatic heterocycles. The molecule has 1 rings (SSSR count). The smallest absolute Gasteiger partial charge is 0.341 e. The van der Waals surface area contributed by atoms with Gasteiger partial charge in [0.2, 0.25) is 11.8 Å². The highest BCUT2D eigenvalue weighted by Crippen LogP contribution is 2.30. The summed E-state index contributed by atoms with van der Waals surface area (Å²) in [5.41, 5.74) is 1.33. The number of hydrogen-bond donors (Lipinski definition) is 1. The number of thiophene rings is 1. The summed E-state index contributed by atoms with van der Waals surface area (Å²) in [7, 11) is 1.73. The minimum absolute atomic E-state index is 0.0112. The average Bonchev–Trinajstić information content (AvgIpc) is 2.97. The normalized spacial score (nSPS) is 11.0. The number of nitrogens with one attached hydrogen (secondary N) is 1. The number of anilines is 1. The lowest BCUT2D eigenvalue weighted by Crippen LogP contribution is -2.41. The molecule has 0 aliphatic rings. The van der Waals surface area contributed by atoms with Gasteiger partial charge in [-0.05, 0) is 51.1 Å². The summed E-state index contributed by atoms with van der Waals surface area (Å²) in [6.45, 7) is 11.6. The molecule has 0 aromatic carbocycles. The van der Waals surface area contributed by atoms with Gasteiger partial charge in [0, 0.05) is 13.1 Å². The van der Waals surface area contributed by atoms with Gasteiger partial charge in [-0.2, -0.15) is 0 Å². The molecule has 0 unspecified atom stereocenters. The highest BCUT2D eigenvalue weighted by molar-refractivity contribution is 7.15. The van der Waals surface area contributed by atoms with Gasteiger partial charge in [-0.15, -0.1) is 11.3 Å². The molecule has 0 fully saturated rings. The standard InChI is InChI=1S/C20H33N3O4S/c1-7-23(8-2)17(25)12-22(6)11-16(24)21-19-18(20(26)27-9-3)15(13-28-19)10-14(4)5/h13-14H,7-12H2,1-6H3,(H,21,24). The van der Waals surface area contributed by atoms with Gasteiger partial charge in [-0.1, -0.05) is 13.8 Å². The largest absolute Gasteiger partial charge is 0.462 e. The molecular weight excluding hydrogens is 378 g/mol. The van der Waals surface area contributed by atoms with Gasteiger partial charge in [0.05, 0.1) is 25.3 Å². The van der Waals surface area contributed by atoms with Crippen LogP contribution in [-0.2, 0) is 20.7 Å².